The van der Waals surface area contributed by atoms with Crippen molar-refractivity contribution in [2.45, 2.75) is 19.8 Å². The summed E-state index contributed by atoms with van der Waals surface area (Å²) in [5, 5.41) is 10.5. The summed E-state index contributed by atoms with van der Waals surface area (Å²) in [6, 6.07) is 13.1. The number of hydrogen-bond acceptors (Lipinski definition) is 7. The van der Waals surface area contributed by atoms with Crippen molar-refractivity contribution in [2.24, 2.45) is 0 Å². The van der Waals surface area contributed by atoms with Gasteiger partial charge in [-0.3, -0.25) is 10.1 Å². The number of nitrogens with zero attached hydrogens (tertiary/aromatic N) is 2. The molecule has 8 heteroatoms. The van der Waals surface area contributed by atoms with Crippen LogP contribution in [-0.4, -0.2) is 35.9 Å². The van der Waals surface area contributed by atoms with Crippen molar-refractivity contribution in [3.63, 3.8) is 0 Å². The molecule has 0 radical (unpaired) electrons. The highest BCUT2D eigenvalue weighted by Crippen LogP contribution is 2.31. The minimum atomic E-state index is -0.233. The smallest absolute Gasteiger partial charge is 0.322 e. The minimum absolute atomic E-state index is 0.0773. The second kappa shape index (κ2) is 8.64. The molecule has 0 aliphatic carbocycles. The summed E-state index contributed by atoms with van der Waals surface area (Å²) >= 11 is 0. The van der Waals surface area contributed by atoms with E-state index in [1.165, 1.54) is 0 Å². The summed E-state index contributed by atoms with van der Waals surface area (Å²) in [5.41, 5.74) is 1.81. The van der Waals surface area contributed by atoms with Crippen molar-refractivity contribution in [2.75, 3.05) is 25.1 Å². The fourth-order valence-electron chi connectivity index (χ4n) is 2.97. The summed E-state index contributed by atoms with van der Waals surface area (Å²) in [7, 11) is 0. The van der Waals surface area contributed by atoms with Gasteiger partial charge in [-0.1, -0.05) is 23.3 Å². The Hall–Kier alpha value is -3.55. The molecule has 1 aliphatic rings. The Bertz CT molecular complexity index is 984. The molecule has 0 bridgehead atoms. The first-order valence-corrected chi connectivity index (χ1v) is 9.42. The van der Waals surface area contributed by atoms with Gasteiger partial charge in [-0.25, -0.2) is 0 Å². The lowest BCUT2D eigenvalue weighted by atomic mass is 10.1. The summed E-state index contributed by atoms with van der Waals surface area (Å²) in [4.78, 5) is 12.2. The molecule has 1 amide bonds. The first-order valence-electron chi connectivity index (χ1n) is 9.42. The van der Waals surface area contributed by atoms with Crippen LogP contribution in [0.2, 0.25) is 0 Å². The fourth-order valence-corrected chi connectivity index (χ4v) is 2.97. The molecule has 0 unspecified atom stereocenters. The third-order valence-electron chi connectivity index (χ3n) is 4.27. The lowest BCUT2D eigenvalue weighted by Gasteiger charge is -2.18. The van der Waals surface area contributed by atoms with E-state index in [1.807, 2.05) is 49.4 Å². The third kappa shape index (κ3) is 4.84. The molecule has 150 valence electrons. The second-order valence-electron chi connectivity index (χ2n) is 6.46. The van der Waals surface area contributed by atoms with Crippen LogP contribution in [0.3, 0.4) is 0 Å². The molecule has 0 atom stereocenters. The van der Waals surface area contributed by atoms with Crippen LogP contribution in [0.4, 0.5) is 6.01 Å². The molecule has 1 aliphatic heterocycles. The molecule has 8 nitrogen and oxygen atoms in total. The Morgan fingerprint density at radius 2 is 1.79 bits per heavy atom. The molecule has 0 saturated carbocycles. The minimum Gasteiger partial charge on any atom is -0.494 e. The van der Waals surface area contributed by atoms with E-state index >= 15 is 0 Å². The number of carbonyl (C=O) groups excluding carboxylic acids is 1. The van der Waals surface area contributed by atoms with Gasteiger partial charge in [0.05, 0.1) is 19.4 Å². The van der Waals surface area contributed by atoms with Gasteiger partial charge in [0.15, 0.2) is 11.5 Å². The second-order valence-corrected chi connectivity index (χ2v) is 6.46. The number of fused-ring (bicyclic) bond motifs is 1. The normalized spacial score (nSPS) is 12.4. The standard InChI is InChI=1S/C21H21N3O5/c1-2-26-16-6-3-14(4-7-16)12-19(25)22-21-24-23-20(29-21)13-15-5-8-17-18(11-15)28-10-9-27-17/h3-8,11H,2,9-10,12-13H2,1H3,(H,22,24,25). The lowest BCUT2D eigenvalue weighted by Crippen LogP contribution is -2.15. The highest BCUT2D eigenvalue weighted by Gasteiger charge is 2.14. The summed E-state index contributed by atoms with van der Waals surface area (Å²) in [5.74, 6) is 2.38. The Labute approximate surface area is 167 Å². The van der Waals surface area contributed by atoms with Gasteiger partial charge in [0.1, 0.15) is 19.0 Å². The molecule has 1 N–H and O–H groups in total. The molecule has 1 aromatic heterocycles. The van der Waals surface area contributed by atoms with E-state index in [0.29, 0.717) is 37.9 Å². The number of ether oxygens (including phenoxy) is 3. The number of carbonyl (C=O) groups is 1. The van der Waals surface area contributed by atoms with E-state index in [-0.39, 0.29) is 18.3 Å². The maximum Gasteiger partial charge on any atom is 0.322 e. The predicted molar refractivity (Wildman–Crippen MR) is 104 cm³/mol. The molecule has 2 heterocycles. The van der Waals surface area contributed by atoms with Gasteiger partial charge < -0.3 is 18.6 Å². The van der Waals surface area contributed by atoms with Crippen molar-refractivity contribution in [3.05, 3.63) is 59.5 Å². The molecule has 0 fully saturated rings. The van der Waals surface area contributed by atoms with Crippen molar-refractivity contribution >= 4 is 11.9 Å². The first kappa shape index (κ1) is 18.8. The Balaban J connectivity index is 1.33. The van der Waals surface area contributed by atoms with Gasteiger partial charge >= 0.3 is 6.01 Å². The third-order valence-corrected chi connectivity index (χ3v) is 4.27. The highest BCUT2D eigenvalue weighted by molar-refractivity contribution is 5.90. The first-order chi connectivity index (χ1) is 14.2. The molecule has 0 saturated heterocycles. The Morgan fingerprint density at radius 3 is 2.59 bits per heavy atom. The van der Waals surface area contributed by atoms with Crippen LogP contribution in [0.5, 0.6) is 17.2 Å². The average molecular weight is 395 g/mol. The van der Waals surface area contributed by atoms with Gasteiger partial charge in [-0.2, -0.15) is 0 Å². The van der Waals surface area contributed by atoms with Crippen LogP contribution in [-0.2, 0) is 17.6 Å². The van der Waals surface area contributed by atoms with Gasteiger partial charge in [0.2, 0.25) is 11.8 Å². The van der Waals surface area contributed by atoms with Gasteiger partial charge in [-0.15, -0.1) is 5.10 Å². The van der Waals surface area contributed by atoms with Gasteiger partial charge in [-0.05, 0) is 42.3 Å². The van der Waals surface area contributed by atoms with Crippen molar-refractivity contribution in [1.82, 2.24) is 10.2 Å². The van der Waals surface area contributed by atoms with Crippen molar-refractivity contribution < 1.29 is 23.4 Å². The summed E-state index contributed by atoms with van der Waals surface area (Å²) in [6.45, 7) is 3.61. The van der Waals surface area contributed by atoms with Crippen LogP contribution in [0.1, 0.15) is 23.9 Å². The molecular weight excluding hydrogens is 374 g/mol. The maximum absolute atomic E-state index is 12.2. The monoisotopic (exact) mass is 395 g/mol. The zero-order valence-electron chi connectivity index (χ0n) is 16.0. The van der Waals surface area contributed by atoms with Crippen LogP contribution in [0, 0.1) is 0 Å². The van der Waals surface area contributed by atoms with Crippen molar-refractivity contribution in [1.29, 1.82) is 0 Å². The number of amides is 1. The molecule has 0 spiro atoms. The molecule has 29 heavy (non-hydrogen) atoms. The zero-order chi connectivity index (χ0) is 20.1. The highest BCUT2D eigenvalue weighted by atomic mass is 16.6. The summed E-state index contributed by atoms with van der Waals surface area (Å²) in [6.07, 6.45) is 0.630. The van der Waals surface area contributed by atoms with E-state index in [2.05, 4.69) is 15.5 Å². The maximum atomic E-state index is 12.2. The van der Waals surface area contributed by atoms with E-state index < -0.39 is 0 Å². The van der Waals surface area contributed by atoms with E-state index in [4.69, 9.17) is 18.6 Å². The topological polar surface area (TPSA) is 95.7 Å². The number of rotatable bonds is 7. The van der Waals surface area contributed by atoms with Crippen LogP contribution in [0.15, 0.2) is 46.9 Å². The summed E-state index contributed by atoms with van der Waals surface area (Å²) < 4.78 is 22.0. The molecule has 2 aromatic carbocycles. The predicted octanol–water partition coefficient (Wildman–Crippen LogP) is 3.01. The van der Waals surface area contributed by atoms with Crippen LogP contribution >= 0.6 is 0 Å². The Kier molecular flexibility index (Phi) is 5.60. The lowest BCUT2D eigenvalue weighted by molar-refractivity contribution is -0.115. The largest absolute Gasteiger partial charge is 0.494 e. The van der Waals surface area contributed by atoms with Crippen molar-refractivity contribution in [3.8, 4) is 17.2 Å². The van der Waals surface area contributed by atoms with Gasteiger partial charge in [0.25, 0.3) is 0 Å². The molecule has 4 rings (SSSR count). The number of aromatic nitrogens is 2. The number of nitrogens with one attached hydrogen (secondary N) is 1. The number of hydrogen-bond donors (Lipinski definition) is 1. The number of anilines is 1. The van der Waals surface area contributed by atoms with Crippen LogP contribution < -0.4 is 19.5 Å². The fraction of sp³-hybridized carbons (Fsp3) is 0.286. The van der Waals surface area contributed by atoms with E-state index in [1.54, 1.807) is 0 Å². The van der Waals surface area contributed by atoms with Crippen LogP contribution in [0.25, 0.3) is 0 Å². The van der Waals surface area contributed by atoms with E-state index in [9.17, 15) is 4.79 Å². The number of benzene rings is 2. The quantitative estimate of drug-likeness (QED) is 0.657. The van der Waals surface area contributed by atoms with E-state index in [0.717, 1.165) is 22.6 Å². The van der Waals surface area contributed by atoms with Gasteiger partial charge in [0, 0.05) is 0 Å². The SMILES string of the molecule is CCOc1ccc(CC(=O)Nc2nnc(Cc3ccc4c(c3)OCCO4)o2)cc1. The molecule has 3 aromatic rings. The zero-order valence-corrected chi connectivity index (χ0v) is 16.0. The molecular formula is C21H21N3O5. The average Bonchev–Trinajstić information content (AvgIpc) is 3.16. The Morgan fingerprint density at radius 1 is 1.03 bits per heavy atom.